The Hall–Kier alpha value is -3.18. The summed E-state index contributed by atoms with van der Waals surface area (Å²) in [6.07, 6.45) is 0.408. The smallest absolute Gasteiger partial charge is 0.305 e. The average Bonchev–Trinajstić information content (AvgIpc) is 3.16. The minimum Gasteiger partial charge on any atom is -0.461 e. The van der Waals surface area contributed by atoms with Crippen molar-refractivity contribution in [3.63, 3.8) is 0 Å². The number of esters is 1. The van der Waals surface area contributed by atoms with Gasteiger partial charge in [-0.05, 0) is 39.9 Å². The fourth-order valence-corrected chi connectivity index (χ4v) is 4.27. The van der Waals surface area contributed by atoms with Gasteiger partial charge in [0.25, 0.3) is 11.8 Å². The number of halogens is 1. The molecule has 1 aromatic rings. The van der Waals surface area contributed by atoms with Crippen LogP contribution in [0.1, 0.15) is 59.4 Å². The van der Waals surface area contributed by atoms with E-state index in [0.717, 1.165) is 16.0 Å². The summed E-state index contributed by atoms with van der Waals surface area (Å²) in [6, 6.07) is 6.20. The molecule has 1 aliphatic heterocycles. The molecule has 0 saturated heterocycles. The van der Waals surface area contributed by atoms with E-state index in [1.54, 1.807) is 31.2 Å². The summed E-state index contributed by atoms with van der Waals surface area (Å²) in [4.78, 5) is 74.2. The van der Waals surface area contributed by atoms with Crippen LogP contribution in [0.4, 0.5) is 0 Å². The Bertz CT molecular complexity index is 1170. The number of nitrogens with one attached hydrogen (secondary N) is 1. The molecule has 218 valence electrons. The number of amides is 3. The zero-order chi connectivity index (χ0) is 30.7. The van der Waals surface area contributed by atoms with Gasteiger partial charge in [0.2, 0.25) is 5.91 Å². The lowest BCUT2D eigenvalue weighted by molar-refractivity contribution is -0.144. The van der Waals surface area contributed by atoms with Crippen molar-refractivity contribution in [2.45, 2.75) is 66.0 Å². The summed E-state index contributed by atoms with van der Waals surface area (Å²) in [5.74, 6) is -2.95. The number of hydrogen-bond acceptors (Lipinski definition) is 8. The summed E-state index contributed by atoms with van der Waals surface area (Å²) in [5.41, 5.74) is 1.46. The number of ether oxygens (including phenoxy) is 2. The van der Waals surface area contributed by atoms with Crippen LogP contribution in [0, 0.1) is 11.8 Å². The number of Topliss-reactive ketones (excluding diaryl/α,β-unsaturated/α-hetero) is 2. The summed E-state index contributed by atoms with van der Waals surface area (Å²) < 4.78 is 18.0. The molecule has 0 spiro atoms. The molecular weight excluding hydrogens is 584 g/mol. The topological polar surface area (TPSA) is 136 Å². The van der Waals surface area contributed by atoms with E-state index >= 15 is 0 Å². The van der Waals surface area contributed by atoms with Crippen LogP contribution in [0.3, 0.4) is 0 Å². The van der Waals surface area contributed by atoms with E-state index in [1.807, 2.05) is 13.8 Å². The molecule has 0 fully saturated rings. The molecule has 0 aliphatic carbocycles. The molecule has 3 amide bonds. The van der Waals surface area contributed by atoms with Crippen LogP contribution in [0.15, 0.2) is 34.8 Å². The first-order valence-corrected chi connectivity index (χ1v) is 13.9. The van der Waals surface area contributed by atoms with Gasteiger partial charge in [0.1, 0.15) is 12.4 Å². The molecule has 1 aliphatic rings. The molecule has 0 radical (unpaired) electrons. The fourth-order valence-electron chi connectivity index (χ4n) is 3.86. The maximum atomic E-state index is 12.9. The summed E-state index contributed by atoms with van der Waals surface area (Å²) in [6.45, 7) is 7.00. The molecule has 0 bridgehead atoms. The second-order valence-corrected chi connectivity index (χ2v) is 10.7. The standard InChI is InChI=1S/C29H37BrN2O8/c1-5-27(36)40-17-21-8-6-20(7-9-21)14-25(34)19(4)31-28(37)23(18(2)3)15-22(33)10-12-39-13-11-32-26(35)16-24(30)29(32)38/h6-9,16,18-19,23H,5,10-15,17H2,1-4H3,(H,31,37)/t19-,23-/m0/s1/i5T/t5?,19-,23-. The van der Waals surface area contributed by atoms with Crippen LogP contribution in [-0.2, 0) is 51.3 Å². The SMILES string of the molecule is [3H]C(C)C(=O)OCc1ccc(CC(=O)[C@H](C)NC(=O)[C@@H](CC(=O)CCOCCN2C(=O)C=C(Br)C2=O)C(C)C)cc1. The fraction of sp³-hybridized carbons (Fsp3) is 0.517. The zero-order valence-electron chi connectivity index (χ0n) is 24.2. The van der Waals surface area contributed by atoms with Gasteiger partial charge in [-0.1, -0.05) is 45.0 Å². The van der Waals surface area contributed by atoms with Gasteiger partial charge in [-0.3, -0.25) is 33.7 Å². The van der Waals surface area contributed by atoms with Crippen molar-refractivity contribution in [1.82, 2.24) is 10.2 Å². The monoisotopic (exact) mass is 622 g/mol. The van der Waals surface area contributed by atoms with E-state index in [1.165, 1.54) is 13.0 Å². The molecule has 40 heavy (non-hydrogen) atoms. The molecule has 0 aromatic heterocycles. The van der Waals surface area contributed by atoms with E-state index in [0.29, 0.717) is 0 Å². The van der Waals surface area contributed by atoms with Crippen molar-refractivity contribution in [1.29, 1.82) is 0 Å². The number of carbonyl (C=O) groups is 6. The maximum Gasteiger partial charge on any atom is 0.305 e. The van der Waals surface area contributed by atoms with Crippen molar-refractivity contribution >= 4 is 51.2 Å². The number of hydrogen-bond donors (Lipinski definition) is 1. The number of imide groups is 1. The Kier molecular flexibility index (Phi) is 12.7. The normalized spacial score (nSPS) is 15.8. The molecule has 3 atom stereocenters. The van der Waals surface area contributed by atoms with Crippen molar-refractivity contribution in [3.05, 3.63) is 46.0 Å². The lowest BCUT2D eigenvalue weighted by Crippen LogP contribution is -2.44. The molecular formula is C29H37BrN2O8. The Morgan fingerprint density at radius 3 is 2.27 bits per heavy atom. The van der Waals surface area contributed by atoms with Gasteiger partial charge in [0.05, 0.1) is 30.3 Å². The van der Waals surface area contributed by atoms with Crippen LogP contribution in [0.5, 0.6) is 0 Å². The zero-order valence-corrected chi connectivity index (χ0v) is 24.8. The summed E-state index contributed by atoms with van der Waals surface area (Å²) in [7, 11) is 0. The van der Waals surface area contributed by atoms with Crippen molar-refractivity contribution in [3.8, 4) is 0 Å². The predicted octanol–water partition coefficient (Wildman–Crippen LogP) is 3.04. The highest BCUT2D eigenvalue weighted by atomic mass is 79.9. The van der Waals surface area contributed by atoms with Crippen LogP contribution in [0.25, 0.3) is 0 Å². The number of benzene rings is 1. The third-order valence-corrected chi connectivity index (χ3v) is 6.97. The van der Waals surface area contributed by atoms with Crippen molar-refractivity contribution in [2.75, 3.05) is 19.8 Å². The Balaban J connectivity index is 1.76. The molecule has 1 N–H and O–H groups in total. The van der Waals surface area contributed by atoms with E-state index in [4.69, 9.17) is 10.8 Å². The van der Waals surface area contributed by atoms with Crippen LogP contribution in [-0.4, -0.2) is 66.0 Å². The lowest BCUT2D eigenvalue weighted by atomic mass is 9.88. The summed E-state index contributed by atoms with van der Waals surface area (Å²) >= 11 is 3.02. The quantitative estimate of drug-likeness (QED) is 0.159. The number of nitrogens with zero attached hydrogens (tertiary/aromatic N) is 1. The average molecular weight is 624 g/mol. The maximum absolute atomic E-state index is 12.9. The second kappa shape index (κ2) is 16.2. The second-order valence-electron chi connectivity index (χ2n) is 9.83. The van der Waals surface area contributed by atoms with Crippen LogP contribution in [0.2, 0.25) is 0 Å². The van der Waals surface area contributed by atoms with Gasteiger partial charge < -0.3 is 14.8 Å². The summed E-state index contributed by atoms with van der Waals surface area (Å²) in [5, 5.41) is 2.74. The van der Waals surface area contributed by atoms with Gasteiger partial charge in [-0.25, -0.2) is 0 Å². The Morgan fingerprint density at radius 1 is 1.05 bits per heavy atom. The number of ketones is 2. The molecule has 2 rings (SSSR count). The largest absolute Gasteiger partial charge is 0.461 e. The van der Waals surface area contributed by atoms with Gasteiger partial charge >= 0.3 is 5.97 Å². The minimum atomic E-state index is -0.954. The first kappa shape index (κ1) is 31.3. The van der Waals surface area contributed by atoms with E-state index in [-0.39, 0.29) is 73.5 Å². The highest BCUT2D eigenvalue weighted by Gasteiger charge is 2.29. The molecule has 1 heterocycles. The Labute approximate surface area is 244 Å². The highest BCUT2D eigenvalue weighted by Crippen LogP contribution is 2.19. The van der Waals surface area contributed by atoms with Gasteiger partial charge in [-0.2, -0.15) is 0 Å². The minimum absolute atomic E-state index is 0.00122. The first-order chi connectivity index (χ1) is 19.3. The Morgan fingerprint density at radius 2 is 1.70 bits per heavy atom. The van der Waals surface area contributed by atoms with Gasteiger partial charge in [0, 0.05) is 39.0 Å². The molecule has 11 heteroatoms. The van der Waals surface area contributed by atoms with Crippen molar-refractivity contribution in [2.24, 2.45) is 11.8 Å². The van der Waals surface area contributed by atoms with Gasteiger partial charge in [-0.15, -0.1) is 0 Å². The lowest BCUT2D eigenvalue weighted by Gasteiger charge is -2.22. The van der Waals surface area contributed by atoms with E-state index < -0.39 is 36.1 Å². The number of carbonyl (C=O) groups excluding carboxylic acids is 6. The predicted molar refractivity (Wildman–Crippen MR) is 150 cm³/mol. The third kappa shape index (κ3) is 10.4. The third-order valence-electron chi connectivity index (χ3n) is 6.40. The number of rotatable bonds is 17. The molecule has 0 saturated carbocycles. The molecule has 1 aromatic carbocycles. The van der Waals surface area contributed by atoms with Crippen LogP contribution < -0.4 is 5.32 Å². The molecule has 10 nitrogen and oxygen atoms in total. The van der Waals surface area contributed by atoms with E-state index in [9.17, 15) is 28.8 Å². The van der Waals surface area contributed by atoms with E-state index in [2.05, 4.69) is 21.2 Å². The highest BCUT2D eigenvalue weighted by molar-refractivity contribution is 9.12. The first-order valence-electron chi connectivity index (χ1n) is 13.7. The molecule has 1 unspecified atom stereocenters. The van der Waals surface area contributed by atoms with Crippen molar-refractivity contribution < 1.29 is 39.6 Å². The van der Waals surface area contributed by atoms with Crippen LogP contribution >= 0.6 is 15.9 Å². The van der Waals surface area contributed by atoms with Gasteiger partial charge in [0.15, 0.2) is 5.78 Å².